The van der Waals surface area contributed by atoms with E-state index in [2.05, 4.69) is 5.32 Å². The van der Waals surface area contributed by atoms with E-state index in [1.165, 1.54) is 19.1 Å². The van der Waals surface area contributed by atoms with Gasteiger partial charge in [-0.1, -0.05) is 18.2 Å². The fourth-order valence-electron chi connectivity index (χ4n) is 2.08. The molecule has 0 amide bonds. The number of hydrogen-bond donors (Lipinski definition) is 1. The summed E-state index contributed by atoms with van der Waals surface area (Å²) in [4.78, 5) is 35.6. The largest absolute Gasteiger partial charge is 0.449 e. The summed E-state index contributed by atoms with van der Waals surface area (Å²) in [7, 11) is 0. The average Bonchev–Trinajstić information content (AvgIpc) is 2.92. The molecule has 2 aromatic rings. The van der Waals surface area contributed by atoms with E-state index in [1.54, 1.807) is 12.1 Å². The van der Waals surface area contributed by atoms with Crippen LogP contribution in [0.1, 0.15) is 38.4 Å². The number of Topliss-reactive ketones (excluding diaryl/α,β-unsaturated/α-hetero) is 2. The molecular weight excluding hydrogens is 270 g/mol. The molecule has 1 aromatic carbocycles. The minimum absolute atomic E-state index is 0.0102. The lowest BCUT2D eigenvalue weighted by Crippen LogP contribution is -2.20. The van der Waals surface area contributed by atoms with Crippen molar-refractivity contribution >= 4 is 23.0 Å². The third kappa shape index (κ3) is 2.29. The fraction of sp³-hybridized carbons (Fsp3) is 0.0625. The molecule has 0 unspecified atom stereocenters. The maximum Gasteiger partial charge on any atom is 0.245 e. The van der Waals surface area contributed by atoms with Gasteiger partial charge in [0.2, 0.25) is 5.78 Å². The first-order valence-corrected chi connectivity index (χ1v) is 6.34. The molecule has 1 aromatic heterocycles. The molecule has 5 nitrogen and oxygen atoms in total. The second-order valence-electron chi connectivity index (χ2n) is 4.65. The van der Waals surface area contributed by atoms with Crippen molar-refractivity contribution < 1.29 is 18.8 Å². The molecule has 0 atom stereocenters. The topological polar surface area (TPSA) is 76.4 Å². The van der Waals surface area contributed by atoms with Crippen LogP contribution in [0.2, 0.25) is 0 Å². The zero-order valence-corrected chi connectivity index (χ0v) is 11.2. The predicted molar refractivity (Wildman–Crippen MR) is 75.5 cm³/mol. The molecule has 0 saturated carbocycles. The van der Waals surface area contributed by atoms with Crippen molar-refractivity contribution in [3.8, 4) is 0 Å². The predicted octanol–water partition coefficient (Wildman–Crippen LogP) is 2.86. The summed E-state index contributed by atoms with van der Waals surface area (Å²) in [6.07, 6.45) is 1.22. The Morgan fingerprint density at radius 3 is 2.52 bits per heavy atom. The van der Waals surface area contributed by atoms with Gasteiger partial charge in [0.15, 0.2) is 23.1 Å². The van der Waals surface area contributed by atoms with Gasteiger partial charge in [-0.2, -0.15) is 0 Å². The number of ketones is 3. The lowest BCUT2D eigenvalue weighted by atomic mass is 9.99. The average molecular weight is 281 g/mol. The molecule has 104 valence electrons. The van der Waals surface area contributed by atoms with Crippen molar-refractivity contribution in [1.82, 2.24) is 0 Å². The minimum Gasteiger partial charge on any atom is -0.449 e. The Kier molecular flexibility index (Phi) is 3.02. The summed E-state index contributed by atoms with van der Waals surface area (Å²) in [5.74, 6) is -1.22. The van der Waals surface area contributed by atoms with Gasteiger partial charge >= 0.3 is 0 Å². The number of hydrogen-bond acceptors (Lipinski definition) is 5. The summed E-state index contributed by atoms with van der Waals surface area (Å²) < 4.78 is 5.22. The number of para-hydroxylation sites is 1. The monoisotopic (exact) mass is 281 g/mol. The van der Waals surface area contributed by atoms with Gasteiger partial charge in [-0.3, -0.25) is 14.4 Å². The zero-order valence-electron chi connectivity index (χ0n) is 11.2. The molecule has 0 radical (unpaired) electrons. The van der Waals surface area contributed by atoms with E-state index >= 15 is 0 Å². The summed E-state index contributed by atoms with van der Waals surface area (Å²) in [5, 5.41) is 2.89. The van der Waals surface area contributed by atoms with Crippen LogP contribution in [-0.2, 0) is 0 Å². The molecule has 1 heterocycles. The Balaban J connectivity index is 1.96. The van der Waals surface area contributed by atoms with E-state index in [1.807, 2.05) is 18.2 Å². The van der Waals surface area contributed by atoms with E-state index in [4.69, 9.17) is 4.42 Å². The van der Waals surface area contributed by atoms with E-state index in [-0.39, 0.29) is 34.3 Å². The van der Waals surface area contributed by atoms with Gasteiger partial charge in [0.25, 0.3) is 0 Å². The minimum atomic E-state index is -0.444. The number of furan rings is 1. The van der Waals surface area contributed by atoms with Crippen molar-refractivity contribution in [3.63, 3.8) is 0 Å². The summed E-state index contributed by atoms with van der Waals surface area (Å²) >= 11 is 0. The fourth-order valence-corrected chi connectivity index (χ4v) is 2.08. The number of fused-ring (bicyclic) bond motifs is 1. The Bertz CT molecular complexity index is 784. The van der Waals surface area contributed by atoms with Gasteiger partial charge in [-0.05, 0) is 18.2 Å². The molecule has 1 aliphatic carbocycles. The van der Waals surface area contributed by atoms with Gasteiger partial charge < -0.3 is 9.73 Å². The van der Waals surface area contributed by atoms with Gasteiger partial charge in [0.05, 0.1) is 11.3 Å². The van der Waals surface area contributed by atoms with Crippen LogP contribution < -0.4 is 5.32 Å². The van der Waals surface area contributed by atoms with Crippen LogP contribution in [0.15, 0.2) is 52.6 Å². The molecule has 0 spiro atoms. The lowest BCUT2D eigenvalue weighted by Gasteiger charge is -2.12. The van der Waals surface area contributed by atoms with E-state index in [0.717, 1.165) is 0 Å². The quantitative estimate of drug-likeness (QED) is 0.875. The van der Waals surface area contributed by atoms with Gasteiger partial charge in [0.1, 0.15) is 0 Å². The number of carbonyl (C=O) groups is 3. The second kappa shape index (κ2) is 4.86. The molecule has 0 aliphatic heterocycles. The van der Waals surface area contributed by atoms with Crippen LogP contribution in [0.25, 0.3) is 0 Å². The van der Waals surface area contributed by atoms with Gasteiger partial charge in [0, 0.05) is 18.7 Å². The third-order valence-electron chi connectivity index (χ3n) is 3.12. The highest BCUT2D eigenvalue weighted by atomic mass is 16.4. The molecule has 0 fully saturated rings. The highest BCUT2D eigenvalue weighted by Crippen LogP contribution is 2.26. The molecule has 1 aliphatic rings. The van der Waals surface area contributed by atoms with E-state index < -0.39 is 5.78 Å². The van der Waals surface area contributed by atoms with Crippen molar-refractivity contribution in [2.24, 2.45) is 0 Å². The van der Waals surface area contributed by atoms with Crippen LogP contribution in [-0.4, -0.2) is 17.3 Å². The summed E-state index contributed by atoms with van der Waals surface area (Å²) in [6, 6.07) is 10.3. The SMILES string of the molecule is CC(=O)c1cc2c(o1)C(=O)C(Nc1ccccc1)=CC2=O. The normalized spacial score (nSPS) is 13.7. The third-order valence-corrected chi connectivity index (χ3v) is 3.12. The smallest absolute Gasteiger partial charge is 0.245 e. The van der Waals surface area contributed by atoms with Crippen LogP contribution in [0.5, 0.6) is 0 Å². The van der Waals surface area contributed by atoms with Crippen LogP contribution in [0, 0.1) is 0 Å². The highest BCUT2D eigenvalue weighted by molar-refractivity contribution is 6.24. The second-order valence-corrected chi connectivity index (χ2v) is 4.65. The first kappa shape index (κ1) is 13.1. The van der Waals surface area contributed by atoms with Crippen LogP contribution in [0.4, 0.5) is 5.69 Å². The molecule has 0 bridgehead atoms. The Hall–Kier alpha value is -2.95. The number of allylic oxidation sites excluding steroid dienone is 2. The maximum atomic E-state index is 12.3. The molecular formula is C16H11NO4. The summed E-state index contributed by atoms with van der Waals surface area (Å²) in [6.45, 7) is 1.32. The standard InChI is InChI=1S/C16H11NO4/c1-9(18)14-7-11-13(19)8-12(15(20)16(11)21-14)17-10-5-3-2-4-6-10/h2-8,17H,1H3. The number of anilines is 1. The Labute approximate surface area is 120 Å². The molecule has 1 N–H and O–H groups in total. The van der Waals surface area contributed by atoms with E-state index in [0.29, 0.717) is 5.69 Å². The number of nitrogens with one attached hydrogen (secondary N) is 1. The zero-order chi connectivity index (χ0) is 15.0. The van der Waals surface area contributed by atoms with Crippen molar-refractivity contribution in [3.05, 3.63) is 65.3 Å². The molecule has 21 heavy (non-hydrogen) atoms. The highest BCUT2D eigenvalue weighted by Gasteiger charge is 2.31. The van der Waals surface area contributed by atoms with E-state index in [9.17, 15) is 14.4 Å². The molecule has 5 heteroatoms. The molecule has 0 saturated heterocycles. The van der Waals surface area contributed by atoms with Gasteiger partial charge in [-0.25, -0.2) is 0 Å². The van der Waals surface area contributed by atoms with Crippen molar-refractivity contribution in [2.75, 3.05) is 5.32 Å². The Morgan fingerprint density at radius 1 is 1.14 bits per heavy atom. The van der Waals surface area contributed by atoms with Gasteiger partial charge in [-0.15, -0.1) is 0 Å². The first-order chi connectivity index (χ1) is 10.1. The Morgan fingerprint density at radius 2 is 1.86 bits per heavy atom. The number of carbonyl (C=O) groups excluding carboxylic acids is 3. The molecule has 3 rings (SSSR count). The maximum absolute atomic E-state index is 12.3. The van der Waals surface area contributed by atoms with Crippen LogP contribution >= 0.6 is 0 Å². The van der Waals surface area contributed by atoms with Crippen molar-refractivity contribution in [2.45, 2.75) is 6.92 Å². The number of benzene rings is 1. The van der Waals surface area contributed by atoms with Crippen LogP contribution in [0.3, 0.4) is 0 Å². The first-order valence-electron chi connectivity index (χ1n) is 6.34. The van der Waals surface area contributed by atoms with Crippen molar-refractivity contribution in [1.29, 1.82) is 0 Å². The number of rotatable bonds is 3. The summed E-state index contributed by atoms with van der Waals surface area (Å²) in [5.41, 5.74) is 0.943. The lowest BCUT2D eigenvalue weighted by molar-refractivity contribution is 0.0950.